The van der Waals surface area contributed by atoms with Crippen molar-refractivity contribution >= 4 is 33.2 Å². The number of amides is 2. The predicted molar refractivity (Wildman–Crippen MR) is 119 cm³/mol. The fourth-order valence-corrected chi connectivity index (χ4v) is 4.30. The second-order valence-corrected chi connectivity index (χ2v) is 8.16. The number of hydrogen-bond donors (Lipinski definition) is 2. The van der Waals surface area contributed by atoms with Crippen LogP contribution in [-0.2, 0) is 4.74 Å². The Balaban J connectivity index is 1.37. The largest absolute Gasteiger partial charge is 0.455 e. The van der Waals surface area contributed by atoms with Gasteiger partial charge in [0.05, 0.1) is 29.0 Å². The Hall–Kier alpha value is -3.01. The van der Waals surface area contributed by atoms with Crippen molar-refractivity contribution in [3.63, 3.8) is 0 Å². The number of nitrogens with zero attached hydrogens (tertiary/aromatic N) is 2. The minimum atomic E-state index is -0.142. The first kappa shape index (κ1) is 21.2. The predicted octanol–water partition coefficient (Wildman–Crippen LogP) is 2.51. The van der Waals surface area contributed by atoms with Gasteiger partial charge in [0.15, 0.2) is 5.75 Å². The molecule has 1 aromatic carbocycles. The van der Waals surface area contributed by atoms with Crippen molar-refractivity contribution in [2.45, 2.75) is 0 Å². The zero-order chi connectivity index (χ0) is 21.6. The number of carbonyl (C=O) groups excluding carboxylic acids is 2. The van der Waals surface area contributed by atoms with E-state index in [0.29, 0.717) is 28.5 Å². The lowest BCUT2D eigenvalue weighted by molar-refractivity contribution is 0.0383. The molecule has 0 bridgehead atoms. The van der Waals surface area contributed by atoms with Crippen molar-refractivity contribution in [1.29, 1.82) is 0 Å². The second-order valence-electron chi connectivity index (χ2n) is 7.08. The zero-order valence-corrected chi connectivity index (χ0v) is 18.0. The van der Waals surface area contributed by atoms with E-state index in [9.17, 15) is 9.59 Å². The van der Waals surface area contributed by atoms with Gasteiger partial charge in [-0.3, -0.25) is 19.5 Å². The summed E-state index contributed by atoms with van der Waals surface area (Å²) in [6.45, 7) is 4.70. The van der Waals surface area contributed by atoms with E-state index >= 15 is 0 Å². The first-order chi connectivity index (χ1) is 15.1. The van der Waals surface area contributed by atoms with E-state index in [1.54, 1.807) is 49.8 Å². The van der Waals surface area contributed by atoms with Crippen LogP contribution in [0.2, 0.25) is 0 Å². The fourth-order valence-electron chi connectivity index (χ4n) is 3.31. The van der Waals surface area contributed by atoms with Crippen LogP contribution in [0.3, 0.4) is 0 Å². The SMILES string of the molecule is CNC(=O)c1cc2c(Oc3ccc(C(=O)NCCN4CCOCC4)cc3)cncc2s1. The maximum Gasteiger partial charge on any atom is 0.261 e. The third-order valence-electron chi connectivity index (χ3n) is 5.02. The standard InChI is InChI=1S/C22H24N4O4S/c1-23-22(28)19-12-17-18(13-24-14-20(17)31-19)30-16-4-2-15(3-5-16)21(27)25-6-7-26-8-10-29-11-9-26/h2-5,12-14H,6-11H2,1H3,(H,23,28)(H,25,27). The van der Waals surface area contributed by atoms with Crippen molar-refractivity contribution in [2.75, 3.05) is 46.4 Å². The van der Waals surface area contributed by atoms with E-state index in [0.717, 1.165) is 42.9 Å². The van der Waals surface area contributed by atoms with Gasteiger partial charge in [-0.15, -0.1) is 11.3 Å². The average molecular weight is 441 g/mol. The number of benzene rings is 1. The number of fused-ring (bicyclic) bond motifs is 1. The van der Waals surface area contributed by atoms with E-state index in [1.165, 1.54) is 11.3 Å². The Kier molecular flexibility index (Phi) is 6.76. The Morgan fingerprint density at radius 2 is 1.94 bits per heavy atom. The highest BCUT2D eigenvalue weighted by atomic mass is 32.1. The van der Waals surface area contributed by atoms with Gasteiger partial charge >= 0.3 is 0 Å². The van der Waals surface area contributed by atoms with Crippen LogP contribution in [0.1, 0.15) is 20.0 Å². The van der Waals surface area contributed by atoms with Crippen LogP contribution in [0.4, 0.5) is 0 Å². The quantitative estimate of drug-likeness (QED) is 0.587. The van der Waals surface area contributed by atoms with Crippen molar-refractivity contribution in [2.24, 2.45) is 0 Å². The Morgan fingerprint density at radius 3 is 2.68 bits per heavy atom. The number of hydrogen-bond acceptors (Lipinski definition) is 7. The maximum atomic E-state index is 12.4. The average Bonchev–Trinajstić information content (AvgIpc) is 3.25. The summed E-state index contributed by atoms with van der Waals surface area (Å²) < 4.78 is 12.2. The molecule has 3 heterocycles. The zero-order valence-electron chi connectivity index (χ0n) is 17.2. The van der Waals surface area contributed by atoms with Gasteiger partial charge in [-0.1, -0.05) is 0 Å². The highest BCUT2D eigenvalue weighted by Gasteiger charge is 2.14. The smallest absolute Gasteiger partial charge is 0.261 e. The van der Waals surface area contributed by atoms with E-state index in [-0.39, 0.29) is 11.8 Å². The third kappa shape index (κ3) is 5.19. The van der Waals surface area contributed by atoms with Crippen molar-refractivity contribution in [3.05, 3.63) is 53.2 Å². The number of aromatic nitrogens is 1. The first-order valence-electron chi connectivity index (χ1n) is 10.1. The van der Waals surface area contributed by atoms with Crippen LogP contribution < -0.4 is 15.4 Å². The van der Waals surface area contributed by atoms with Crippen LogP contribution >= 0.6 is 11.3 Å². The summed E-state index contributed by atoms with van der Waals surface area (Å²) in [5.74, 6) is 0.895. The molecular formula is C22H24N4O4S. The summed E-state index contributed by atoms with van der Waals surface area (Å²) in [6.07, 6.45) is 3.33. The van der Waals surface area contributed by atoms with Gasteiger partial charge in [0, 0.05) is 50.4 Å². The maximum absolute atomic E-state index is 12.4. The molecule has 2 aromatic heterocycles. The van der Waals surface area contributed by atoms with Gasteiger partial charge in [0.25, 0.3) is 11.8 Å². The molecule has 0 spiro atoms. The third-order valence-corrected chi connectivity index (χ3v) is 6.09. The van der Waals surface area contributed by atoms with E-state index < -0.39 is 0 Å². The molecule has 1 fully saturated rings. The number of carbonyl (C=O) groups is 2. The molecule has 0 atom stereocenters. The molecule has 0 unspecified atom stereocenters. The Bertz CT molecular complexity index is 1060. The molecule has 3 aromatic rings. The van der Waals surface area contributed by atoms with Gasteiger partial charge in [0.2, 0.25) is 0 Å². The normalized spacial score (nSPS) is 14.4. The molecule has 1 saturated heterocycles. The minimum Gasteiger partial charge on any atom is -0.455 e. The molecule has 0 aliphatic carbocycles. The van der Waals surface area contributed by atoms with E-state index in [1.807, 2.05) is 0 Å². The molecule has 8 nitrogen and oxygen atoms in total. The van der Waals surface area contributed by atoms with Gasteiger partial charge in [-0.2, -0.15) is 0 Å². The molecule has 0 saturated carbocycles. The number of morpholine rings is 1. The summed E-state index contributed by atoms with van der Waals surface area (Å²) in [5, 5.41) is 6.40. The molecule has 9 heteroatoms. The summed E-state index contributed by atoms with van der Waals surface area (Å²) in [7, 11) is 1.60. The molecule has 1 aliphatic heterocycles. The van der Waals surface area contributed by atoms with Crippen molar-refractivity contribution in [1.82, 2.24) is 20.5 Å². The summed E-state index contributed by atoms with van der Waals surface area (Å²) in [5.41, 5.74) is 0.572. The van der Waals surface area contributed by atoms with Gasteiger partial charge < -0.3 is 20.1 Å². The topological polar surface area (TPSA) is 92.8 Å². The first-order valence-corrected chi connectivity index (χ1v) is 10.9. The van der Waals surface area contributed by atoms with Crippen LogP contribution in [0.5, 0.6) is 11.5 Å². The van der Waals surface area contributed by atoms with Crippen LogP contribution in [-0.4, -0.2) is 68.1 Å². The van der Waals surface area contributed by atoms with Crippen LogP contribution in [0.25, 0.3) is 10.1 Å². The highest BCUT2D eigenvalue weighted by molar-refractivity contribution is 7.20. The Labute approximate surface area is 184 Å². The minimum absolute atomic E-state index is 0.114. The molecule has 2 N–H and O–H groups in total. The van der Waals surface area contributed by atoms with E-state index in [2.05, 4.69) is 20.5 Å². The summed E-state index contributed by atoms with van der Waals surface area (Å²) >= 11 is 1.36. The lowest BCUT2D eigenvalue weighted by Gasteiger charge is -2.26. The summed E-state index contributed by atoms with van der Waals surface area (Å²) in [6, 6.07) is 8.77. The van der Waals surface area contributed by atoms with Gasteiger partial charge in [-0.05, 0) is 30.3 Å². The van der Waals surface area contributed by atoms with Crippen LogP contribution in [0, 0.1) is 0 Å². The van der Waals surface area contributed by atoms with Gasteiger partial charge in [-0.25, -0.2) is 0 Å². The molecule has 2 amide bonds. The van der Waals surface area contributed by atoms with E-state index in [4.69, 9.17) is 9.47 Å². The number of nitrogens with one attached hydrogen (secondary N) is 2. The molecule has 4 rings (SSSR count). The monoisotopic (exact) mass is 440 g/mol. The number of pyridine rings is 1. The molecule has 31 heavy (non-hydrogen) atoms. The lowest BCUT2D eigenvalue weighted by Crippen LogP contribution is -2.41. The highest BCUT2D eigenvalue weighted by Crippen LogP contribution is 2.34. The molecule has 0 radical (unpaired) electrons. The fraction of sp³-hybridized carbons (Fsp3) is 0.318. The number of thiophene rings is 1. The molecular weight excluding hydrogens is 416 g/mol. The number of rotatable bonds is 7. The summed E-state index contributed by atoms with van der Waals surface area (Å²) in [4.78, 5) is 31.4. The Morgan fingerprint density at radius 1 is 1.16 bits per heavy atom. The second kappa shape index (κ2) is 9.86. The molecule has 1 aliphatic rings. The van der Waals surface area contributed by atoms with Crippen molar-refractivity contribution in [3.8, 4) is 11.5 Å². The lowest BCUT2D eigenvalue weighted by atomic mass is 10.2. The number of ether oxygens (including phenoxy) is 2. The van der Waals surface area contributed by atoms with Crippen molar-refractivity contribution < 1.29 is 19.1 Å². The van der Waals surface area contributed by atoms with Crippen LogP contribution in [0.15, 0.2) is 42.7 Å². The van der Waals surface area contributed by atoms with Gasteiger partial charge in [0.1, 0.15) is 5.75 Å². The molecule has 162 valence electrons.